The summed E-state index contributed by atoms with van der Waals surface area (Å²) in [6.07, 6.45) is 3.90. The van der Waals surface area contributed by atoms with Crippen molar-refractivity contribution in [3.63, 3.8) is 0 Å². The lowest BCUT2D eigenvalue weighted by Crippen LogP contribution is -2.25. The summed E-state index contributed by atoms with van der Waals surface area (Å²) in [7, 11) is 0. The number of carboxylic acids is 1. The molecule has 1 amide bonds. The molecule has 0 radical (unpaired) electrons. The van der Waals surface area contributed by atoms with Crippen molar-refractivity contribution in [1.82, 2.24) is 20.3 Å². The number of amides is 1. The third-order valence-electron chi connectivity index (χ3n) is 5.03. The van der Waals surface area contributed by atoms with Crippen LogP contribution in [0.1, 0.15) is 37.9 Å². The number of aromatic amines is 1. The van der Waals surface area contributed by atoms with E-state index in [1.54, 1.807) is 12.3 Å². The summed E-state index contributed by atoms with van der Waals surface area (Å²) >= 11 is 1.31. The van der Waals surface area contributed by atoms with Crippen molar-refractivity contribution in [2.75, 3.05) is 0 Å². The van der Waals surface area contributed by atoms with Crippen molar-refractivity contribution in [1.29, 1.82) is 0 Å². The van der Waals surface area contributed by atoms with E-state index in [0.29, 0.717) is 27.7 Å². The zero-order valence-electron chi connectivity index (χ0n) is 15.1. The molecular weight excluding hydrogens is 388 g/mol. The Balaban J connectivity index is 1.33. The molecule has 1 aliphatic rings. The van der Waals surface area contributed by atoms with Crippen LogP contribution in [-0.2, 0) is 0 Å². The van der Waals surface area contributed by atoms with Crippen molar-refractivity contribution in [2.24, 2.45) is 0 Å². The third-order valence-corrected chi connectivity index (χ3v) is 6.13. The molecular formula is C21H16N4O3S. The van der Waals surface area contributed by atoms with Crippen molar-refractivity contribution in [3.05, 3.63) is 70.9 Å². The summed E-state index contributed by atoms with van der Waals surface area (Å²) in [4.78, 5) is 36.8. The van der Waals surface area contributed by atoms with Gasteiger partial charge in [0, 0.05) is 18.2 Å². The number of thiophene rings is 1. The molecule has 0 spiro atoms. The molecule has 144 valence electrons. The number of hydrogen-bond donors (Lipinski definition) is 3. The highest BCUT2D eigenvalue weighted by atomic mass is 32.1. The number of carbonyl (C=O) groups excluding carboxylic acids is 1. The second-order valence-electron chi connectivity index (χ2n) is 6.96. The molecule has 3 N–H and O–H groups in total. The Morgan fingerprint density at radius 2 is 2.00 bits per heavy atom. The average Bonchev–Trinajstić information content (AvgIpc) is 3.15. The van der Waals surface area contributed by atoms with Gasteiger partial charge in [-0.15, -0.1) is 11.3 Å². The summed E-state index contributed by atoms with van der Waals surface area (Å²) in [6, 6.07) is 13.9. The van der Waals surface area contributed by atoms with E-state index < -0.39 is 5.97 Å². The summed E-state index contributed by atoms with van der Waals surface area (Å²) in [6.45, 7) is 0. The third kappa shape index (κ3) is 3.27. The second-order valence-corrected chi connectivity index (χ2v) is 8.04. The first kappa shape index (κ1) is 17.6. The Hall–Kier alpha value is -3.52. The van der Waals surface area contributed by atoms with E-state index in [2.05, 4.69) is 32.4 Å². The monoisotopic (exact) mass is 404 g/mol. The topological polar surface area (TPSA) is 108 Å². The zero-order valence-corrected chi connectivity index (χ0v) is 15.9. The van der Waals surface area contributed by atoms with Crippen molar-refractivity contribution in [3.8, 4) is 10.6 Å². The highest BCUT2D eigenvalue weighted by Gasteiger charge is 2.39. The van der Waals surface area contributed by atoms with E-state index >= 15 is 0 Å². The first-order valence-electron chi connectivity index (χ1n) is 9.13. The lowest BCUT2D eigenvalue weighted by molar-refractivity contribution is 0.0698. The van der Waals surface area contributed by atoms with Gasteiger partial charge in [0.05, 0.1) is 21.6 Å². The van der Waals surface area contributed by atoms with Gasteiger partial charge in [-0.2, -0.15) is 0 Å². The second kappa shape index (κ2) is 6.82. The minimum Gasteiger partial charge on any atom is -0.478 e. The van der Waals surface area contributed by atoms with Crippen LogP contribution in [0.3, 0.4) is 0 Å². The SMILES string of the molecule is O=C(NC1CC1c1ccccc1)c1ccc(-c2cnc3[nH]cc(C(=O)O)c3n2)s1. The van der Waals surface area contributed by atoms with E-state index in [1.165, 1.54) is 23.1 Å². The molecule has 1 aliphatic carbocycles. The number of H-pyrrole nitrogens is 1. The largest absolute Gasteiger partial charge is 0.478 e. The Bertz CT molecular complexity index is 1230. The summed E-state index contributed by atoms with van der Waals surface area (Å²) < 4.78 is 0. The summed E-state index contributed by atoms with van der Waals surface area (Å²) in [5.41, 5.74) is 2.58. The fraction of sp³-hybridized carbons (Fsp3) is 0.143. The Kier molecular flexibility index (Phi) is 4.13. The predicted octanol–water partition coefficient (Wildman–Crippen LogP) is 3.67. The van der Waals surface area contributed by atoms with Gasteiger partial charge in [-0.3, -0.25) is 4.79 Å². The quantitative estimate of drug-likeness (QED) is 0.470. The Labute approximate surface area is 169 Å². The van der Waals surface area contributed by atoms with Gasteiger partial charge in [0.2, 0.25) is 0 Å². The first-order chi connectivity index (χ1) is 14.1. The minimum atomic E-state index is -1.06. The number of benzene rings is 1. The molecule has 2 atom stereocenters. The van der Waals surface area contributed by atoms with Crippen LogP contribution in [0.25, 0.3) is 21.7 Å². The fourth-order valence-corrected chi connectivity index (χ4v) is 4.30. The van der Waals surface area contributed by atoms with Gasteiger partial charge in [0.25, 0.3) is 5.91 Å². The fourth-order valence-electron chi connectivity index (χ4n) is 3.43. The Morgan fingerprint density at radius 1 is 1.17 bits per heavy atom. The highest BCUT2D eigenvalue weighted by molar-refractivity contribution is 7.17. The Morgan fingerprint density at radius 3 is 2.79 bits per heavy atom. The van der Waals surface area contributed by atoms with Gasteiger partial charge in [0.15, 0.2) is 5.65 Å². The molecule has 5 rings (SSSR count). The van der Waals surface area contributed by atoms with Crippen molar-refractivity contribution >= 4 is 34.4 Å². The van der Waals surface area contributed by atoms with Gasteiger partial charge < -0.3 is 15.4 Å². The number of carboxylic acid groups (broad SMARTS) is 1. The molecule has 0 bridgehead atoms. The average molecular weight is 404 g/mol. The molecule has 4 aromatic rings. The number of aromatic nitrogens is 3. The summed E-state index contributed by atoms with van der Waals surface area (Å²) in [5.74, 6) is -0.797. The van der Waals surface area contributed by atoms with E-state index in [4.69, 9.17) is 0 Å². The van der Waals surface area contributed by atoms with E-state index in [0.717, 1.165) is 11.3 Å². The van der Waals surface area contributed by atoms with Crippen LogP contribution in [-0.4, -0.2) is 38.0 Å². The number of rotatable bonds is 5. The van der Waals surface area contributed by atoms with Gasteiger partial charge in [0.1, 0.15) is 11.1 Å². The number of nitrogens with one attached hydrogen (secondary N) is 2. The number of hydrogen-bond acceptors (Lipinski definition) is 5. The maximum Gasteiger partial charge on any atom is 0.339 e. The van der Waals surface area contributed by atoms with Crippen LogP contribution in [0.4, 0.5) is 0 Å². The van der Waals surface area contributed by atoms with Gasteiger partial charge in [-0.05, 0) is 24.1 Å². The molecule has 3 heterocycles. The van der Waals surface area contributed by atoms with Gasteiger partial charge in [-0.1, -0.05) is 30.3 Å². The maximum atomic E-state index is 12.6. The van der Waals surface area contributed by atoms with Gasteiger partial charge >= 0.3 is 5.97 Å². The molecule has 2 unspecified atom stereocenters. The van der Waals surface area contributed by atoms with Crippen LogP contribution < -0.4 is 5.32 Å². The zero-order chi connectivity index (χ0) is 20.0. The standard InChI is InChI=1S/C21H16N4O3S/c26-20(25-14-8-12(14)11-4-2-1-3-5-11)17-7-6-16(29-17)15-10-23-19-18(24-15)13(9-22-19)21(27)28/h1-7,9-10,12,14H,8H2,(H,22,23)(H,25,26)(H,27,28). The highest BCUT2D eigenvalue weighted by Crippen LogP contribution is 2.41. The lowest BCUT2D eigenvalue weighted by Gasteiger charge is -2.03. The molecule has 1 saturated carbocycles. The lowest BCUT2D eigenvalue weighted by atomic mass is 10.1. The predicted molar refractivity (Wildman–Crippen MR) is 109 cm³/mol. The molecule has 1 fully saturated rings. The number of nitrogens with zero attached hydrogens (tertiary/aromatic N) is 2. The molecule has 0 aliphatic heterocycles. The van der Waals surface area contributed by atoms with Crippen LogP contribution in [0, 0.1) is 0 Å². The van der Waals surface area contributed by atoms with Crippen LogP contribution in [0.15, 0.2) is 54.9 Å². The number of fused-ring (bicyclic) bond motifs is 1. The summed E-state index contributed by atoms with van der Waals surface area (Å²) in [5, 5.41) is 12.4. The van der Waals surface area contributed by atoms with E-state index in [1.807, 2.05) is 24.3 Å². The van der Waals surface area contributed by atoms with E-state index in [9.17, 15) is 14.7 Å². The van der Waals surface area contributed by atoms with Gasteiger partial charge in [-0.25, -0.2) is 14.8 Å². The van der Waals surface area contributed by atoms with Crippen molar-refractivity contribution < 1.29 is 14.7 Å². The maximum absolute atomic E-state index is 12.6. The molecule has 1 aromatic carbocycles. The molecule has 0 saturated heterocycles. The molecule has 3 aromatic heterocycles. The smallest absolute Gasteiger partial charge is 0.339 e. The molecule has 29 heavy (non-hydrogen) atoms. The normalized spacial score (nSPS) is 17.9. The minimum absolute atomic E-state index is 0.0737. The van der Waals surface area contributed by atoms with Crippen LogP contribution >= 0.6 is 11.3 Å². The van der Waals surface area contributed by atoms with E-state index in [-0.39, 0.29) is 17.5 Å². The van der Waals surface area contributed by atoms with Crippen molar-refractivity contribution in [2.45, 2.75) is 18.4 Å². The number of carbonyl (C=O) groups is 2. The van der Waals surface area contributed by atoms with Crippen LogP contribution in [0.5, 0.6) is 0 Å². The molecule has 7 nitrogen and oxygen atoms in total. The molecule has 8 heteroatoms. The first-order valence-corrected chi connectivity index (χ1v) is 9.95. The number of aromatic carboxylic acids is 1. The van der Waals surface area contributed by atoms with Crippen LogP contribution in [0.2, 0.25) is 0 Å².